The van der Waals surface area contributed by atoms with E-state index >= 15 is 0 Å². The second-order valence-electron chi connectivity index (χ2n) is 3.87. The van der Waals surface area contributed by atoms with Crippen molar-refractivity contribution in [2.24, 2.45) is 0 Å². The highest BCUT2D eigenvalue weighted by Crippen LogP contribution is 2.15. The van der Waals surface area contributed by atoms with Crippen LogP contribution in [0, 0.1) is 0 Å². The summed E-state index contributed by atoms with van der Waals surface area (Å²) in [4.78, 5) is 0. The molecule has 16 heavy (non-hydrogen) atoms. The molecule has 0 fully saturated rings. The van der Waals surface area contributed by atoms with Crippen LogP contribution in [-0.2, 0) is 6.42 Å². The summed E-state index contributed by atoms with van der Waals surface area (Å²) in [5.41, 5.74) is 1.38. The number of hydrogen-bond donors (Lipinski definition) is 1. The molecule has 2 heteroatoms. The van der Waals surface area contributed by atoms with Gasteiger partial charge in [0, 0.05) is 12.4 Å². The Balaban J connectivity index is 2.02. The first kappa shape index (κ1) is 11.4. The minimum atomic E-state index is 0.678. The third kappa shape index (κ3) is 2.97. The van der Waals surface area contributed by atoms with Gasteiger partial charge in [0.2, 0.25) is 0 Å². The number of benzene rings is 2. The molecule has 0 aromatic heterocycles. The summed E-state index contributed by atoms with van der Waals surface area (Å²) in [6.45, 7) is 1.88. The Morgan fingerprint density at radius 2 is 1.75 bits per heavy atom. The number of rotatable bonds is 5. The second-order valence-corrected chi connectivity index (χ2v) is 4.25. The maximum Gasteiger partial charge on any atom is 0.0348 e. The maximum atomic E-state index is 5.60. The van der Waals surface area contributed by atoms with Crippen LogP contribution < -0.4 is 5.32 Å². The zero-order valence-electron chi connectivity index (χ0n) is 9.25. The highest BCUT2D eigenvalue weighted by Gasteiger charge is 1.95. The molecule has 0 heterocycles. The molecular formula is C14H16ClN. The molecule has 0 bridgehead atoms. The van der Waals surface area contributed by atoms with Crippen molar-refractivity contribution in [2.75, 3.05) is 19.0 Å². The van der Waals surface area contributed by atoms with Crippen molar-refractivity contribution in [1.29, 1.82) is 0 Å². The fraction of sp³-hybridized carbons (Fsp3) is 0.286. The van der Waals surface area contributed by atoms with Gasteiger partial charge in [-0.3, -0.25) is 0 Å². The van der Waals surface area contributed by atoms with Gasteiger partial charge in [0.15, 0.2) is 0 Å². The number of hydrogen-bond acceptors (Lipinski definition) is 1. The molecule has 0 aliphatic heterocycles. The highest BCUT2D eigenvalue weighted by atomic mass is 35.5. The van der Waals surface area contributed by atoms with Gasteiger partial charge < -0.3 is 5.32 Å². The molecule has 0 unspecified atom stereocenters. The molecule has 0 amide bonds. The third-order valence-electron chi connectivity index (χ3n) is 2.68. The van der Waals surface area contributed by atoms with Crippen LogP contribution in [0.3, 0.4) is 0 Å². The molecule has 0 spiro atoms. The Kier molecular flexibility index (Phi) is 4.20. The first-order chi connectivity index (χ1) is 7.90. The summed E-state index contributed by atoms with van der Waals surface area (Å²) in [7, 11) is 0. The van der Waals surface area contributed by atoms with E-state index in [0.29, 0.717) is 5.88 Å². The zero-order chi connectivity index (χ0) is 11.2. The van der Waals surface area contributed by atoms with Crippen LogP contribution in [0.25, 0.3) is 10.8 Å². The summed E-state index contributed by atoms with van der Waals surface area (Å²) in [6, 6.07) is 15.1. The molecular weight excluding hydrogens is 218 g/mol. The topological polar surface area (TPSA) is 12.0 Å². The predicted octanol–water partition coefficient (Wildman–Crippen LogP) is 3.21. The van der Waals surface area contributed by atoms with E-state index in [4.69, 9.17) is 11.6 Å². The van der Waals surface area contributed by atoms with Crippen molar-refractivity contribution in [3.63, 3.8) is 0 Å². The summed E-state index contributed by atoms with van der Waals surface area (Å²) >= 11 is 5.60. The van der Waals surface area contributed by atoms with Crippen LogP contribution in [0.5, 0.6) is 0 Å². The van der Waals surface area contributed by atoms with Gasteiger partial charge in [-0.2, -0.15) is 0 Å². The largest absolute Gasteiger partial charge is 0.315 e. The zero-order valence-corrected chi connectivity index (χ0v) is 10.0. The standard InChI is InChI=1S/C14H16ClN/c15-8-10-16-9-7-12-5-6-13-3-1-2-4-14(13)11-12/h1-6,11,16H,7-10H2. The van der Waals surface area contributed by atoms with Crippen molar-refractivity contribution in [2.45, 2.75) is 6.42 Å². The summed E-state index contributed by atoms with van der Waals surface area (Å²) in [5, 5.41) is 5.92. The number of nitrogens with one attached hydrogen (secondary N) is 1. The molecule has 0 saturated carbocycles. The average molecular weight is 234 g/mol. The Bertz CT molecular complexity index is 453. The molecule has 1 nitrogen and oxygen atoms in total. The van der Waals surface area contributed by atoms with E-state index in [1.807, 2.05) is 0 Å². The van der Waals surface area contributed by atoms with Gasteiger partial charge in [0.1, 0.15) is 0 Å². The molecule has 0 aliphatic carbocycles. The average Bonchev–Trinajstić information content (AvgIpc) is 2.34. The molecule has 2 rings (SSSR count). The molecule has 0 radical (unpaired) electrons. The van der Waals surface area contributed by atoms with E-state index in [1.54, 1.807) is 0 Å². The van der Waals surface area contributed by atoms with Crippen molar-refractivity contribution in [3.05, 3.63) is 48.0 Å². The van der Waals surface area contributed by atoms with Crippen LogP contribution in [0.2, 0.25) is 0 Å². The van der Waals surface area contributed by atoms with E-state index < -0.39 is 0 Å². The first-order valence-electron chi connectivity index (χ1n) is 5.64. The van der Waals surface area contributed by atoms with Crippen molar-refractivity contribution in [3.8, 4) is 0 Å². The lowest BCUT2D eigenvalue weighted by Crippen LogP contribution is -2.19. The summed E-state index contributed by atoms with van der Waals surface area (Å²) in [6.07, 6.45) is 1.06. The second kappa shape index (κ2) is 5.88. The van der Waals surface area contributed by atoms with Crippen LogP contribution in [0.1, 0.15) is 5.56 Å². The van der Waals surface area contributed by atoms with Crippen LogP contribution in [0.4, 0.5) is 0 Å². The quantitative estimate of drug-likeness (QED) is 0.618. The lowest BCUT2D eigenvalue weighted by Gasteiger charge is -2.04. The minimum absolute atomic E-state index is 0.678. The Hall–Kier alpha value is -1.05. The van der Waals surface area contributed by atoms with Crippen molar-refractivity contribution >= 4 is 22.4 Å². The normalized spacial score (nSPS) is 10.8. The maximum absolute atomic E-state index is 5.60. The van der Waals surface area contributed by atoms with Gasteiger partial charge in [-0.05, 0) is 29.3 Å². The lowest BCUT2D eigenvalue weighted by atomic mass is 10.1. The fourth-order valence-electron chi connectivity index (χ4n) is 1.82. The summed E-state index contributed by atoms with van der Waals surface area (Å²) < 4.78 is 0. The van der Waals surface area contributed by atoms with E-state index in [0.717, 1.165) is 19.5 Å². The van der Waals surface area contributed by atoms with Crippen molar-refractivity contribution in [1.82, 2.24) is 5.32 Å². The van der Waals surface area contributed by atoms with E-state index in [-0.39, 0.29) is 0 Å². The molecule has 0 aliphatic rings. The lowest BCUT2D eigenvalue weighted by molar-refractivity contribution is 0.720. The Labute approximate surface area is 101 Å². The number of halogens is 1. The summed E-state index contributed by atoms with van der Waals surface area (Å²) in [5.74, 6) is 0.678. The van der Waals surface area contributed by atoms with Gasteiger partial charge in [-0.1, -0.05) is 42.5 Å². The van der Waals surface area contributed by atoms with Gasteiger partial charge >= 0.3 is 0 Å². The van der Waals surface area contributed by atoms with E-state index in [9.17, 15) is 0 Å². The van der Waals surface area contributed by atoms with Gasteiger partial charge in [0.05, 0.1) is 0 Å². The molecule has 2 aromatic rings. The van der Waals surface area contributed by atoms with Gasteiger partial charge in [-0.25, -0.2) is 0 Å². The van der Waals surface area contributed by atoms with Gasteiger partial charge in [-0.15, -0.1) is 11.6 Å². The van der Waals surface area contributed by atoms with E-state index in [2.05, 4.69) is 47.8 Å². The molecule has 2 aromatic carbocycles. The third-order valence-corrected chi connectivity index (χ3v) is 2.86. The Morgan fingerprint density at radius 1 is 0.938 bits per heavy atom. The monoisotopic (exact) mass is 233 g/mol. The minimum Gasteiger partial charge on any atom is -0.315 e. The van der Waals surface area contributed by atoms with Crippen molar-refractivity contribution < 1.29 is 0 Å². The smallest absolute Gasteiger partial charge is 0.0348 e. The van der Waals surface area contributed by atoms with Crippen LogP contribution in [-0.4, -0.2) is 19.0 Å². The van der Waals surface area contributed by atoms with Crippen LogP contribution in [0.15, 0.2) is 42.5 Å². The first-order valence-corrected chi connectivity index (χ1v) is 6.18. The van der Waals surface area contributed by atoms with Crippen LogP contribution >= 0.6 is 11.6 Å². The number of fused-ring (bicyclic) bond motifs is 1. The SMILES string of the molecule is ClCCNCCc1ccc2ccccc2c1. The molecule has 0 atom stereocenters. The van der Waals surface area contributed by atoms with Gasteiger partial charge in [0.25, 0.3) is 0 Å². The highest BCUT2D eigenvalue weighted by molar-refractivity contribution is 6.18. The fourth-order valence-corrected chi connectivity index (χ4v) is 1.95. The molecule has 84 valence electrons. The predicted molar refractivity (Wildman–Crippen MR) is 71.2 cm³/mol. The molecule has 1 N–H and O–H groups in total. The van der Waals surface area contributed by atoms with E-state index in [1.165, 1.54) is 16.3 Å². The Morgan fingerprint density at radius 3 is 2.56 bits per heavy atom. The number of alkyl halides is 1. The molecule has 0 saturated heterocycles.